The van der Waals surface area contributed by atoms with Gasteiger partial charge in [-0.15, -0.1) is 0 Å². The number of rotatable bonds is 5. The Balaban J connectivity index is 1.68. The summed E-state index contributed by atoms with van der Waals surface area (Å²) in [5.74, 6) is -0.670. The van der Waals surface area contributed by atoms with Crippen molar-refractivity contribution in [1.82, 2.24) is 15.6 Å². The highest BCUT2D eigenvalue weighted by molar-refractivity contribution is 6.03. The molecule has 1 aliphatic heterocycles. The van der Waals surface area contributed by atoms with Gasteiger partial charge in [0.15, 0.2) is 11.6 Å². The second-order valence-corrected chi connectivity index (χ2v) is 7.74. The molecule has 2 aromatic rings. The van der Waals surface area contributed by atoms with Crippen LogP contribution in [0.3, 0.4) is 0 Å². The fourth-order valence-electron chi connectivity index (χ4n) is 4.14. The topological polar surface area (TPSA) is 115 Å². The molecule has 9 heteroatoms. The van der Waals surface area contributed by atoms with Crippen LogP contribution in [-0.4, -0.2) is 34.2 Å². The fraction of sp³-hybridized carbons (Fsp3) is 0.381. The second kappa shape index (κ2) is 8.17. The molecule has 2 heterocycles. The lowest BCUT2D eigenvalue weighted by Crippen LogP contribution is -2.48. The summed E-state index contributed by atoms with van der Waals surface area (Å²) in [4.78, 5) is 27.8. The summed E-state index contributed by atoms with van der Waals surface area (Å²) in [7, 11) is 0. The molecule has 0 saturated heterocycles. The van der Waals surface area contributed by atoms with E-state index in [0.717, 1.165) is 24.1 Å². The van der Waals surface area contributed by atoms with Crippen LogP contribution >= 0.6 is 0 Å². The third-order valence-corrected chi connectivity index (χ3v) is 5.57. The zero-order valence-corrected chi connectivity index (χ0v) is 16.6. The third-order valence-electron chi connectivity index (χ3n) is 5.57. The first-order chi connectivity index (χ1) is 14.4. The normalized spacial score (nSPS) is 20.3. The van der Waals surface area contributed by atoms with Crippen LogP contribution in [0.15, 0.2) is 24.3 Å². The second-order valence-electron chi connectivity index (χ2n) is 7.74. The summed E-state index contributed by atoms with van der Waals surface area (Å²) in [5.41, 5.74) is 2.23. The van der Waals surface area contributed by atoms with Crippen molar-refractivity contribution in [1.29, 1.82) is 0 Å². The lowest BCUT2D eigenvalue weighted by Gasteiger charge is -2.32. The van der Waals surface area contributed by atoms with Crippen molar-refractivity contribution in [2.24, 2.45) is 0 Å². The van der Waals surface area contributed by atoms with Crippen molar-refractivity contribution >= 4 is 29.3 Å². The molecule has 0 spiro atoms. The van der Waals surface area contributed by atoms with Gasteiger partial charge in [0, 0.05) is 23.8 Å². The summed E-state index contributed by atoms with van der Waals surface area (Å²) >= 11 is 0. The van der Waals surface area contributed by atoms with Crippen molar-refractivity contribution in [2.45, 2.75) is 51.2 Å². The van der Waals surface area contributed by atoms with Gasteiger partial charge in [-0.1, -0.05) is 25.0 Å². The molecule has 0 bridgehead atoms. The van der Waals surface area contributed by atoms with E-state index in [-0.39, 0.29) is 47.3 Å². The molecule has 5 N–H and O–H groups in total. The Morgan fingerprint density at radius 3 is 2.73 bits per heavy atom. The van der Waals surface area contributed by atoms with Crippen LogP contribution < -0.4 is 21.3 Å². The average Bonchev–Trinajstić information content (AvgIpc) is 3.09. The van der Waals surface area contributed by atoms with Gasteiger partial charge in [-0.05, 0) is 37.5 Å². The van der Waals surface area contributed by atoms with E-state index in [9.17, 15) is 9.59 Å². The molecule has 30 heavy (non-hydrogen) atoms. The van der Waals surface area contributed by atoms with Crippen LogP contribution in [0.5, 0.6) is 0 Å². The highest BCUT2D eigenvalue weighted by Crippen LogP contribution is 2.33. The molecule has 0 radical (unpaired) electrons. The van der Waals surface area contributed by atoms with E-state index >= 15 is 4.39 Å². The first-order valence-electron chi connectivity index (χ1n) is 10.0. The van der Waals surface area contributed by atoms with E-state index in [0.29, 0.717) is 12.8 Å². The minimum atomic E-state index is -1.10. The summed E-state index contributed by atoms with van der Waals surface area (Å²) in [6, 6.07) is 6.96. The number of aromatic nitrogens is 1. The lowest BCUT2D eigenvalue weighted by molar-refractivity contribution is 0.0966. The number of nitrogens with one attached hydrogen (secondary N) is 4. The Morgan fingerprint density at radius 2 is 2.00 bits per heavy atom. The number of hydrogen-bond acceptors (Lipinski definition) is 5. The predicted octanol–water partition coefficient (Wildman–Crippen LogP) is 3.51. The fourth-order valence-corrected chi connectivity index (χ4v) is 4.14. The van der Waals surface area contributed by atoms with Gasteiger partial charge in [-0.3, -0.25) is 4.79 Å². The monoisotopic (exact) mass is 413 g/mol. The number of fused-ring (bicyclic) bond motifs is 1. The lowest BCUT2D eigenvalue weighted by atomic mass is 9.90. The van der Waals surface area contributed by atoms with Gasteiger partial charge >= 0.3 is 6.09 Å². The highest BCUT2D eigenvalue weighted by Gasteiger charge is 2.32. The number of benzene rings is 1. The number of amides is 2. The Bertz CT molecular complexity index is 997. The van der Waals surface area contributed by atoms with Crippen molar-refractivity contribution in [3.63, 3.8) is 0 Å². The number of carbonyl (C=O) groups excluding carboxylic acids is 1. The molecule has 1 fully saturated rings. The standard InChI is InChI=1S/C21H24FN5O3/c1-11-5-4-6-12(9-11)24-18-16-13(10-23-20(16)28)17(22)19(27-18)25-14-7-2-3-8-15(14)26-21(29)30/h4-6,9,14-15,26H,2-3,7-8,10H2,1H3,(H,23,28)(H,29,30)(H2,24,25,27). The number of aryl methyl sites for hydroxylation is 1. The van der Waals surface area contributed by atoms with Crippen molar-refractivity contribution in [2.75, 3.05) is 10.6 Å². The quantitative estimate of drug-likeness (QED) is 0.512. The summed E-state index contributed by atoms with van der Waals surface area (Å²) < 4.78 is 15.2. The van der Waals surface area contributed by atoms with E-state index in [1.807, 2.05) is 31.2 Å². The van der Waals surface area contributed by atoms with Gasteiger partial charge in [0.05, 0.1) is 11.6 Å². The van der Waals surface area contributed by atoms with Crippen LogP contribution in [0, 0.1) is 12.7 Å². The minimum absolute atomic E-state index is 0.0180. The molecule has 1 aliphatic carbocycles. The molecule has 2 atom stereocenters. The molecule has 2 aliphatic rings. The van der Waals surface area contributed by atoms with E-state index in [2.05, 4.69) is 26.3 Å². The van der Waals surface area contributed by atoms with Gasteiger partial charge in [0.2, 0.25) is 0 Å². The van der Waals surface area contributed by atoms with Crippen molar-refractivity contribution in [3.8, 4) is 0 Å². The molecule has 2 unspecified atom stereocenters. The number of carbonyl (C=O) groups is 2. The van der Waals surface area contributed by atoms with Gasteiger partial charge < -0.3 is 26.4 Å². The average molecular weight is 413 g/mol. The highest BCUT2D eigenvalue weighted by atomic mass is 19.1. The molecule has 158 valence electrons. The summed E-state index contributed by atoms with van der Waals surface area (Å²) in [6.45, 7) is 2.03. The Labute approximate surface area is 173 Å². The summed E-state index contributed by atoms with van der Waals surface area (Å²) in [5, 5.41) is 20.5. The number of halogens is 1. The van der Waals surface area contributed by atoms with Crippen LogP contribution in [0.4, 0.5) is 26.5 Å². The molecule has 2 amide bonds. The molecular formula is C21H24FN5O3. The van der Waals surface area contributed by atoms with Crippen LogP contribution in [0.1, 0.15) is 47.2 Å². The van der Waals surface area contributed by atoms with Gasteiger partial charge in [-0.25, -0.2) is 14.2 Å². The van der Waals surface area contributed by atoms with Gasteiger partial charge in [-0.2, -0.15) is 0 Å². The number of anilines is 3. The smallest absolute Gasteiger partial charge is 0.404 e. The molecule has 1 aromatic carbocycles. The molecule has 4 rings (SSSR count). The minimum Gasteiger partial charge on any atom is -0.465 e. The van der Waals surface area contributed by atoms with Crippen LogP contribution in [0.2, 0.25) is 0 Å². The van der Waals surface area contributed by atoms with Gasteiger partial charge in [0.1, 0.15) is 5.82 Å². The predicted molar refractivity (Wildman–Crippen MR) is 111 cm³/mol. The molecule has 1 saturated carbocycles. The number of hydrogen-bond donors (Lipinski definition) is 5. The maximum absolute atomic E-state index is 15.2. The van der Waals surface area contributed by atoms with E-state index in [1.165, 1.54) is 0 Å². The molecular weight excluding hydrogens is 389 g/mol. The Hall–Kier alpha value is -3.36. The first kappa shape index (κ1) is 19.9. The Kier molecular flexibility index (Phi) is 5.43. The van der Waals surface area contributed by atoms with Crippen molar-refractivity contribution < 1.29 is 19.1 Å². The van der Waals surface area contributed by atoms with E-state index < -0.39 is 11.9 Å². The maximum atomic E-state index is 15.2. The Morgan fingerprint density at radius 1 is 1.23 bits per heavy atom. The summed E-state index contributed by atoms with van der Waals surface area (Å²) in [6.07, 6.45) is 2.08. The van der Waals surface area contributed by atoms with E-state index in [4.69, 9.17) is 5.11 Å². The largest absolute Gasteiger partial charge is 0.465 e. The number of nitrogens with zero attached hydrogens (tertiary/aromatic N) is 1. The maximum Gasteiger partial charge on any atom is 0.404 e. The zero-order chi connectivity index (χ0) is 21.3. The number of pyridine rings is 1. The van der Waals surface area contributed by atoms with E-state index in [1.54, 1.807) is 0 Å². The van der Waals surface area contributed by atoms with Crippen molar-refractivity contribution in [3.05, 3.63) is 46.8 Å². The number of carboxylic acid groups (broad SMARTS) is 1. The van der Waals surface area contributed by atoms with Crippen LogP contribution in [-0.2, 0) is 6.54 Å². The van der Waals surface area contributed by atoms with Crippen LogP contribution in [0.25, 0.3) is 0 Å². The van der Waals surface area contributed by atoms with Gasteiger partial charge in [0.25, 0.3) is 5.91 Å². The zero-order valence-electron chi connectivity index (χ0n) is 16.6. The first-order valence-corrected chi connectivity index (χ1v) is 10.0. The molecule has 8 nitrogen and oxygen atoms in total. The molecule has 1 aromatic heterocycles. The third kappa shape index (κ3) is 4.00. The SMILES string of the molecule is Cc1cccc(Nc2nc(NC3CCCCC3NC(=O)O)c(F)c3c2C(=O)NC3)c1.